The summed E-state index contributed by atoms with van der Waals surface area (Å²) in [6, 6.07) is 5.52. The van der Waals surface area contributed by atoms with Crippen LogP contribution in [0.15, 0.2) is 30.6 Å². The molecule has 0 aliphatic carbocycles. The van der Waals surface area contributed by atoms with E-state index >= 15 is 0 Å². The third-order valence-corrected chi connectivity index (χ3v) is 3.14. The molecule has 4 nitrogen and oxygen atoms in total. The molecule has 0 atom stereocenters. The summed E-state index contributed by atoms with van der Waals surface area (Å²) < 4.78 is 11.0. The molecule has 1 aliphatic heterocycles. The van der Waals surface area contributed by atoms with Crippen LogP contribution >= 0.6 is 11.6 Å². The van der Waals surface area contributed by atoms with Crippen molar-refractivity contribution in [2.45, 2.75) is 13.0 Å². The lowest BCUT2D eigenvalue weighted by Crippen LogP contribution is -2.38. The van der Waals surface area contributed by atoms with Gasteiger partial charge in [0.05, 0.1) is 30.8 Å². The second-order valence-corrected chi connectivity index (χ2v) is 4.90. The summed E-state index contributed by atoms with van der Waals surface area (Å²) in [6.45, 7) is 3.14. The molecule has 1 aliphatic rings. The fraction of sp³-hybridized carbons (Fsp3) is 0.286. The molecule has 0 bridgehead atoms. The number of rotatable bonds is 3. The van der Waals surface area contributed by atoms with E-state index in [1.165, 1.54) is 0 Å². The van der Waals surface area contributed by atoms with E-state index < -0.39 is 0 Å². The lowest BCUT2D eigenvalue weighted by molar-refractivity contribution is -0.0794. The molecule has 19 heavy (non-hydrogen) atoms. The van der Waals surface area contributed by atoms with Crippen LogP contribution in [0.4, 0.5) is 0 Å². The Labute approximate surface area is 116 Å². The Morgan fingerprint density at radius 3 is 2.74 bits per heavy atom. The molecular weight excluding hydrogens is 264 g/mol. The summed E-state index contributed by atoms with van der Waals surface area (Å²) >= 11 is 6.03. The Balaban J connectivity index is 1.96. The molecule has 2 aromatic rings. The van der Waals surface area contributed by atoms with Gasteiger partial charge in [-0.2, -0.15) is 0 Å². The van der Waals surface area contributed by atoms with E-state index in [0.717, 1.165) is 22.7 Å². The maximum Gasteiger partial charge on any atom is 0.145 e. The van der Waals surface area contributed by atoms with Gasteiger partial charge in [-0.15, -0.1) is 0 Å². The number of aromatic nitrogens is 2. The standard InChI is InChI=1S/C14H13ClN2O2/c1-9-5-17-13(6-16-9)12-3-2-10(15)4-14(12)19-11-7-18-8-11/h2-6,11H,7-8H2,1H3. The van der Waals surface area contributed by atoms with Crippen LogP contribution in [0.2, 0.25) is 5.02 Å². The Morgan fingerprint density at radius 1 is 1.26 bits per heavy atom. The molecule has 1 saturated heterocycles. The highest BCUT2D eigenvalue weighted by atomic mass is 35.5. The first kappa shape index (κ1) is 12.4. The van der Waals surface area contributed by atoms with Crippen molar-refractivity contribution in [3.63, 3.8) is 0 Å². The van der Waals surface area contributed by atoms with Gasteiger partial charge in [-0.05, 0) is 25.1 Å². The summed E-state index contributed by atoms with van der Waals surface area (Å²) in [4.78, 5) is 8.63. The van der Waals surface area contributed by atoms with Crippen molar-refractivity contribution in [1.82, 2.24) is 9.97 Å². The van der Waals surface area contributed by atoms with Crippen molar-refractivity contribution in [1.29, 1.82) is 0 Å². The molecule has 0 spiro atoms. The smallest absolute Gasteiger partial charge is 0.145 e. The highest BCUT2D eigenvalue weighted by Crippen LogP contribution is 2.32. The van der Waals surface area contributed by atoms with Gasteiger partial charge in [0, 0.05) is 16.8 Å². The van der Waals surface area contributed by atoms with E-state index in [1.54, 1.807) is 18.5 Å². The van der Waals surface area contributed by atoms with Crippen LogP contribution in [0.5, 0.6) is 5.75 Å². The number of benzene rings is 1. The normalized spacial score (nSPS) is 15.1. The summed E-state index contributed by atoms with van der Waals surface area (Å²) in [7, 11) is 0. The Morgan fingerprint density at radius 2 is 2.11 bits per heavy atom. The van der Waals surface area contributed by atoms with Gasteiger partial charge in [-0.1, -0.05) is 11.6 Å². The van der Waals surface area contributed by atoms with Gasteiger partial charge < -0.3 is 9.47 Å². The van der Waals surface area contributed by atoms with Crippen molar-refractivity contribution >= 4 is 11.6 Å². The van der Waals surface area contributed by atoms with Gasteiger partial charge in [-0.3, -0.25) is 9.97 Å². The third kappa shape index (κ3) is 2.69. The Bertz CT molecular complexity index is 582. The fourth-order valence-electron chi connectivity index (χ4n) is 1.80. The summed E-state index contributed by atoms with van der Waals surface area (Å²) in [5.74, 6) is 0.721. The molecule has 98 valence electrons. The summed E-state index contributed by atoms with van der Waals surface area (Å²) in [6.07, 6.45) is 3.57. The van der Waals surface area contributed by atoms with Crippen LogP contribution in [0, 0.1) is 6.92 Å². The molecule has 1 aromatic carbocycles. The van der Waals surface area contributed by atoms with Gasteiger partial charge in [0.1, 0.15) is 11.9 Å². The van der Waals surface area contributed by atoms with Gasteiger partial charge in [0.2, 0.25) is 0 Å². The summed E-state index contributed by atoms with van der Waals surface area (Å²) in [5, 5.41) is 0.638. The quantitative estimate of drug-likeness (QED) is 0.865. The molecule has 0 amide bonds. The number of halogens is 1. The molecule has 3 rings (SSSR count). The maximum absolute atomic E-state index is 6.03. The van der Waals surface area contributed by atoms with Crippen molar-refractivity contribution in [2.75, 3.05) is 13.2 Å². The predicted molar refractivity (Wildman–Crippen MR) is 72.5 cm³/mol. The van der Waals surface area contributed by atoms with Gasteiger partial charge in [0.25, 0.3) is 0 Å². The topological polar surface area (TPSA) is 44.2 Å². The van der Waals surface area contributed by atoms with E-state index in [2.05, 4.69) is 9.97 Å². The average Bonchev–Trinajstić information content (AvgIpc) is 2.35. The first-order valence-corrected chi connectivity index (χ1v) is 6.43. The summed E-state index contributed by atoms with van der Waals surface area (Å²) in [5.41, 5.74) is 2.55. The van der Waals surface area contributed by atoms with E-state index in [4.69, 9.17) is 21.1 Å². The Hall–Kier alpha value is -1.65. The lowest BCUT2D eigenvalue weighted by atomic mass is 10.1. The highest BCUT2D eigenvalue weighted by Gasteiger charge is 2.22. The second-order valence-electron chi connectivity index (χ2n) is 4.46. The van der Waals surface area contributed by atoms with E-state index in [0.29, 0.717) is 18.2 Å². The fourth-order valence-corrected chi connectivity index (χ4v) is 1.96. The SMILES string of the molecule is Cc1cnc(-c2ccc(Cl)cc2OC2COC2)cn1. The van der Waals surface area contributed by atoms with Crippen molar-refractivity contribution in [3.8, 4) is 17.0 Å². The van der Waals surface area contributed by atoms with Crippen molar-refractivity contribution in [2.24, 2.45) is 0 Å². The number of nitrogens with zero attached hydrogens (tertiary/aromatic N) is 2. The van der Waals surface area contributed by atoms with Crippen LogP contribution in [0.1, 0.15) is 5.69 Å². The largest absolute Gasteiger partial charge is 0.485 e. The monoisotopic (exact) mass is 276 g/mol. The van der Waals surface area contributed by atoms with Crippen LogP contribution in [-0.2, 0) is 4.74 Å². The molecule has 0 N–H and O–H groups in total. The molecule has 0 saturated carbocycles. The molecule has 5 heteroatoms. The van der Waals surface area contributed by atoms with Gasteiger partial charge in [-0.25, -0.2) is 0 Å². The minimum absolute atomic E-state index is 0.0932. The zero-order chi connectivity index (χ0) is 13.2. The molecule has 1 fully saturated rings. The maximum atomic E-state index is 6.03. The zero-order valence-electron chi connectivity index (χ0n) is 10.5. The molecule has 0 radical (unpaired) electrons. The van der Waals surface area contributed by atoms with Crippen molar-refractivity contribution < 1.29 is 9.47 Å². The second kappa shape index (κ2) is 5.15. The van der Waals surface area contributed by atoms with Crippen LogP contribution < -0.4 is 4.74 Å². The molecule has 0 unspecified atom stereocenters. The van der Waals surface area contributed by atoms with Crippen LogP contribution in [-0.4, -0.2) is 29.3 Å². The van der Waals surface area contributed by atoms with E-state index in [1.807, 2.05) is 19.1 Å². The predicted octanol–water partition coefficient (Wildman–Crippen LogP) is 2.88. The first-order valence-electron chi connectivity index (χ1n) is 6.05. The van der Waals surface area contributed by atoms with Gasteiger partial charge >= 0.3 is 0 Å². The number of ether oxygens (including phenoxy) is 2. The van der Waals surface area contributed by atoms with E-state index in [-0.39, 0.29) is 6.10 Å². The number of hydrogen-bond donors (Lipinski definition) is 0. The lowest BCUT2D eigenvalue weighted by Gasteiger charge is -2.27. The number of aryl methyl sites for hydroxylation is 1. The number of hydrogen-bond acceptors (Lipinski definition) is 4. The van der Waals surface area contributed by atoms with Gasteiger partial charge in [0.15, 0.2) is 0 Å². The first-order chi connectivity index (χ1) is 9.22. The average molecular weight is 277 g/mol. The minimum atomic E-state index is 0.0932. The Kier molecular flexibility index (Phi) is 3.36. The van der Waals surface area contributed by atoms with Crippen LogP contribution in [0.25, 0.3) is 11.3 Å². The van der Waals surface area contributed by atoms with Crippen molar-refractivity contribution in [3.05, 3.63) is 41.3 Å². The highest BCUT2D eigenvalue weighted by molar-refractivity contribution is 6.30. The van der Waals surface area contributed by atoms with Crippen LogP contribution in [0.3, 0.4) is 0 Å². The van der Waals surface area contributed by atoms with E-state index in [9.17, 15) is 0 Å². The molecule has 1 aromatic heterocycles. The zero-order valence-corrected chi connectivity index (χ0v) is 11.2. The third-order valence-electron chi connectivity index (χ3n) is 2.90. The minimum Gasteiger partial charge on any atom is -0.485 e. The molecule has 2 heterocycles. The molecular formula is C14H13ClN2O2.